The molecule has 3 heterocycles. The van der Waals surface area contributed by atoms with Crippen LogP contribution in [-0.2, 0) is 16.5 Å². The maximum Gasteiger partial charge on any atom is 0.416 e. The number of hydrogen-bond donors (Lipinski definition) is 1. The summed E-state index contributed by atoms with van der Waals surface area (Å²) in [5, 5.41) is 10.5. The Labute approximate surface area is 179 Å². The van der Waals surface area contributed by atoms with Crippen LogP contribution >= 0.6 is 0 Å². The first-order valence-corrected chi connectivity index (χ1v) is 10.7. The average Bonchev–Trinajstić information content (AvgIpc) is 3.13. The molecule has 0 spiro atoms. The maximum atomic E-state index is 12.8. The number of anilines is 1. The highest BCUT2D eigenvalue weighted by Crippen LogP contribution is 2.52. The zero-order valence-electron chi connectivity index (χ0n) is 17.7. The van der Waals surface area contributed by atoms with E-state index in [-0.39, 0.29) is 11.5 Å². The molecule has 9 heteroatoms. The molecular weight excluding hydrogens is 409 g/mol. The summed E-state index contributed by atoms with van der Waals surface area (Å²) < 4.78 is 44.0. The molecule has 1 amide bonds. The molecule has 2 aromatic rings. The van der Waals surface area contributed by atoms with E-state index in [1.165, 1.54) is 37.8 Å². The molecule has 6 nitrogen and oxygen atoms in total. The van der Waals surface area contributed by atoms with Crippen LogP contribution < -0.4 is 5.32 Å². The largest absolute Gasteiger partial charge is 0.424 e. The topological polar surface area (TPSA) is 71.3 Å². The number of nitrogens with one attached hydrogen (secondary N) is 1. The van der Waals surface area contributed by atoms with Crippen LogP contribution in [0, 0.1) is 6.92 Å². The lowest BCUT2D eigenvalue weighted by molar-refractivity contribution is -0.138. The van der Waals surface area contributed by atoms with E-state index in [1.807, 2.05) is 6.92 Å². The van der Waals surface area contributed by atoms with E-state index < -0.39 is 11.7 Å². The van der Waals surface area contributed by atoms with Crippen LogP contribution in [0.15, 0.2) is 22.6 Å². The first-order valence-electron chi connectivity index (χ1n) is 10.7. The van der Waals surface area contributed by atoms with Crippen LogP contribution in [0.3, 0.4) is 0 Å². The van der Waals surface area contributed by atoms with Gasteiger partial charge in [0.2, 0.25) is 18.2 Å². The molecule has 6 rings (SSSR count). The first-order chi connectivity index (χ1) is 14.7. The minimum atomic E-state index is -4.33. The van der Waals surface area contributed by atoms with Crippen molar-refractivity contribution in [2.45, 2.75) is 75.5 Å². The number of carbonyl (C=O) groups excluding carboxylic acids is 1. The van der Waals surface area contributed by atoms with Gasteiger partial charge in [0.25, 0.3) is 0 Å². The van der Waals surface area contributed by atoms with Gasteiger partial charge in [0.1, 0.15) is 5.54 Å². The summed E-state index contributed by atoms with van der Waals surface area (Å²) in [7, 11) is 2.17. The molecule has 1 aromatic carbocycles. The molecule has 2 bridgehead atoms. The molecule has 4 aliphatic rings. The second-order valence-corrected chi connectivity index (χ2v) is 8.71. The predicted octanol–water partition coefficient (Wildman–Crippen LogP) is 5.00. The Kier molecular flexibility index (Phi) is 5.81. The van der Waals surface area contributed by atoms with Crippen LogP contribution in [0.25, 0.3) is 0 Å². The molecule has 2 atom stereocenters. The number of rotatable bonds is 4. The third-order valence-electron chi connectivity index (χ3n) is 6.98. The highest BCUT2D eigenvalue weighted by atomic mass is 19.4. The van der Waals surface area contributed by atoms with Gasteiger partial charge in [-0.15, -0.1) is 10.2 Å². The van der Waals surface area contributed by atoms with E-state index in [2.05, 4.69) is 27.5 Å². The number of alkyl halides is 3. The zero-order chi connectivity index (χ0) is 22.2. The summed E-state index contributed by atoms with van der Waals surface area (Å²) in [4.78, 5) is 12.7. The van der Waals surface area contributed by atoms with Crippen molar-refractivity contribution in [3.8, 4) is 0 Å². The third kappa shape index (κ3) is 4.07. The highest BCUT2D eigenvalue weighted by molar-refractivity contribution is 5.72. The summed E-state index contributed by atoms with van der Waals surface area (Å²) in [5.41, 5.74) is 0.216. The van der Waals surface area contributed by atoms with Gasteiger partial charge < -0.3 is 9.73 Å². The van der Waals surface area contributed by atoms with E-state index in [1.54, 1.807) is 0 Å². The monoisotopic (exact) mass is 436 g/mol. The van der Waals surface area contributed by atoms with Gasteiger partial charge in [0.05, 0.1) is 5.56 Å². The van der Waals surface area contributed by atoms with Crippen molar-refractivity contribution in [3.63, 3.8) is 0 Å². The van der Waals surface area contributed by atoms with Gasteiger partial charge >= 0.3 is 6.18 Å². The van der Waals surface area contributed by atoms with Crippen molar-refractivity contribution in [3.05, 3.63) is 41.1 Å². The van der Waals surface area contributed by atoms with E-state index in [0.717, 1.165) is 37.3 Å². The fraction of sp³-hybridized carbons (Fsp3) is 0.591. The van der Waals surface area contributed by atoms with Crippen LogP contribution in [0.5, 0.6) is 0 Å². The Bertz CT molecular complexity index is 937. The van der Waals surface area contributed by atoms with Gasteiger partial charge in [-0.2, -0.15) is 13.2 Å². The molecule has 1 aromatic heterocycles. The molecule has 2 aliphatic heterocycles. The molecule has 0 radical (unpaired) electrons. The number of aromatic nitrogens is 2. The highest BCUT2D eigenvalue weighted by Gasteiger charge is 2.56. The van der Waals surface area contributed by atoms with Gasteiger partial charge in [-0.05, 0) is 75.3 Å². The number of carbonyl (C=O) groups is 1. The second-order valence-electron chi connectivity index (χ2n) is 8.71. The minimum Gasteiger partial charge on any atom is -0.424 e. The molecule has 2 saturated heterocycles. The average molecular weight is 436 g/mol. The molecule has 2 aliphatic carbocycles. The number of nitrogens with zero attached hydrogens (tertiary/aromatic N) is 3. The Balaban J connectivity index is 0.000000151. The SMILES string of the molecule is Cc1nnc([C@]23CCC[C@H](C2)N3C)o1.O=CNc1ccc(C(F)(F)F)c(C2CCC2)c1. The summed E-state index contributed by atoms with van der Waals surface area (Å²) in [6.07, 6.45) is 3.65. The van der Waals surface area contributed by atoms with Gasteiger partial charge in [0.15, 0.2) is 0 Å². The number of fused-ring (bicyclic) bond motifs is 2. The van der Waals surface area contributed by atoms with Gasteiger partial charge in [-0.25, -0.2) is 0 Å². The van der Waals surface area contributed by atoms with Crippen LogP contribution in [0.1, 0.15) is 73.8 Å². The maximum absolute atomic E-state index is 12.8. The van der Waals surface area contributed by atoms with Gasteiger partial charge in [0, 0.05) is 18.7 Å². The fourth-order valence-electron chi connectivity index (χ4n) is 4.98. The van der Waals surface area contributed by atoms with Crippen LogP contribution in [-0.4, -0.2) is 34.6 Å². The molecule has 1 N–H and O–H groups in total. The lowest BCUT2D eigenvalue weighted by Crippen LogP contribution is -2.64. The number of piperidine rings is 1. The normalized spacial score (nSPS) is 25.6. The number of halogens is 3. The van der Waals surface area contributed by atoms with Crippen molar-refractivity contribution >= 4 is 12.1 Å². The molecule has 0 unspecified atom stereocenters. The summed E-state index contributed by atoms with van der Waals surface area (Å²) in [6, 6.07) is 4.50. The molecule has 4 fully saturated rings. The van der Waals surface area contributed by atoms with Crippen molar-refractivity contribution < 1.29 is 22.4 Å². The zero-order valence-corrected chi connectivity index (χ0v) is 17.7. The number of amides is 1. The van der Waals surface area contributed by atoms with E-state index in [9.17, 15) is 18.0 Å². The van der Waals surface area contributed by atoms with Gasteiger partial charge in [-0.1, -0.05) is 6.42 Å². The number of benzene rings is 1. The molecule has 2 saturated carbocycles. The van der Waals surface area contributed by atoms with E-state index in [0.29, 0.717) is 23.6 Å². The van der Waals surface area contributed by atoms with Crippen LogP contribution in [0.2, 0.25) is 0 Å². The van der Waals surface area contributed by atoms with Crippen molar-refractivity contribution in [1.82, 2.24) is 15.1 Å². The Hall–Kier alpha value is -2.42. The Morgan fingerprint density at radius 2 is 2.00 bits per heavy atom. The Morgan fingerprint density at radius 3 is 2.52 bits per heavy atom. The first kappa shape index (κ1) is 21.8. The van der Waals surface area contributed by atoms with Gasteiger partial charge in [-0.3, -0.25) is 9.69 Å². The lowest BCUT2D eigenvalue weighted by Gasteiger charge is -2.58. The molecule has 31 heavy (non-hydrogen) atoms. The lowest BCUT2D eigenvalue weighted by atomic mass is 9.68. The third-order valence-corrected chi connectivity index (χ3v) is 6.98. The van der Waals surface area contributed by atoms with Crippen molar-refractivity contribution in [2.24, 2.45) is 0 Å². The fourth-order valence-corrected chi connectivity index (χ4v) is 4.98. The predicted molar refractivity (Wildman–Crippen MR) is 108 cm³/mol. The number of aryl methyl sites for hydroxylation is 1. The van der Waals surface area contributed by atoms with E-state index >= 15 is 0 Å². The number of hydrogen-bond acceptors (Lipinski definition) is 5. The van der Waals surface area contributed by atoms with Crippen LogP contribution in [0.4, 0.5) is 18.9 Å². The second kappa shape index (κ2) is 8.26. The van der Waals surface area contributed by atoms with Crippen molar-refractivity contribution in [1.29, 1.82) is 0 Å². The van der Waals surface area contributed by atoms with Crippen molar-refractivity contribution in [2.75, 3.05) is 12.4 Å². The molecular formula is C22H27F3N4O2. The smallest absolute Gasteiger partial charge is 0.416 e. The quantitative estimate of drug-likeness (QED) is 0.683. The summed E-state index contributed by atoms with van der Waals surface area (Å²) in [6.45, 7) is 1.85. The summed E-state index contributed by atoms with van der Waals surface area (Å²) in [5.74, 6) is 1.48. The minimum absolute atomic E-state index is 0.0278. The Morgan fingerprint density at radius 1 is 1.23 bits per heavy atom. The standard InChI is InChI=1S/C12H12F3NO.C10H15N3O/c13-12(14,15)11-5-4-9(16-7-17)6-10(11)8-2-1-3-8;1-7-11-12-9(14-7)10-5-3-4-8(6-10)13(10)2/h4-8H,1-3H2,(H,16,17);8H,3-6H2,1-2H3/t;8-,10+/m.1/s1. The molecule has 168 valence electrons. The summed E-state index contributed by atoms with van der Waals surface area (Å²) >= 11 is 0. The van der Waals surface area contributed by atoms with E-state index in [4.69, 9.17) is 4.42 Å².